The molecule has 14 heteroatoms. The fraction of sp³-hybridized carbons (Fsp3) is 0.545. The summed E-state index contributed by atoms with van der Waals surface area (Å²) in [6.07, 6.45) is 0.730. The minimum atomic E-state index is -1.03. The predicted molar refractivity (Wildman–Crippen MR) is 88.4 cm³/mol. The highest BCUT2D eigenvalue weighted by atomic mass is 16.2. The molecule has 0 spiro atoms. The highest BCUT2D eigenvalue weighted by Crippen LogP contribution is 1.94. The van der Waals surface area contributed by atoms with Crippen molar-refractivity contribution < 1.29 is 19.2 Å². The lowest BCUT2D eigenvalue weighted by Gasteiger charge is -2.20. The number of nitrogens with one attached hydrogen (secondary N) is 5. The van der Waals surface area contributed by atoms with Crippen molar-refractivity contribution in [2.24, 2.45) is 22.2 Å². The van der Waals surface area contributed by atoms with E-state index in [9.17, 15) is 19.2 Å². The first-order chi connectivity index (χ1) is 11.7. The Kier molecular flexibility index (Phi) is 9.79. The monoisotopic (exact) mass is 360 g/mol. The van der Waals surface area contributed by atoms with Gasteiger partial charge in [-0.05, 0) is 12.8 Å². The summed E-state index contributed by atoms with van der Waals surface area (Å²) in [6.45, 7) is 0.310. The highest BCUT2D eigenvalue weighted by Gasteiger charge is 2.22. The lowest BCUT2D eigenvalue weighted by atomic mass is 10.1. The number of carbonyl (C=O) groups excluding carboxylic acids is 4. The van der Waals surface area contributed by atoms with Crippen LogP contribution in [0.15, 0.2) is 4.99 Å². The van der Waals surface area contributed by atoms with Gasteiger partial charge in [-0.25, -0.2) is 25.2 Å². The molecule has 0 bridgehead atoms. The molecule has 14 nitrogen and oxygen atoms in total. The van der Waals surface area contributed by atoms with Crippen LogP contribution in [-0.2, 0) is 4.79 Å². The summed E-state index contributed by atoms with van der Waals surface area (Å²) >= 11 is 0. The van der Waals surface area contributed by atoms with Crippen molar-refractivity contribution in [2.75, 3.05) is 20.6 Å². The van der Waals surface area contributed by atoms with Crippen LogP contribution in [0.3, 0.4) is 0 Å². The van der Waals surface area contributed by atoms with Crippen molar-refractivity contribution in [2.45, 2.75) is 18.9 Å². The van der Waals surface area contributed by atoms with Gasteiger partial charge in [0.2, 0.25) is 0 Å². The van der Waals surface area contributed by atoms with Gasteiger partial charge < -0.3 is 27.8 Å². The molecule has 25 heavy (non-hydrogen) atoms. The van der Waals surface area contributed by atoms with Gasteiger partial charge in [-0.15, -0.1) is 5.01 Å². The Labute approximate surface area is 143 Å². The second-order valence-corrected chi connectivity index (χ2v) is 4.56. The molecule has 0 rings (SSSR count). The molecule has 11 N–H and O–H groups in total. The Morgan fingerprint density at radius 3 is 2.08 bits per heavy atom. The van der Waals surface area contributed by atoms with Gasteiger partial charge in [0.05, 0.1) is 6.04 Å². The Morgan fingerprint density at radius 1 is 1.04 bits per heavy atom. The van der Waals surface area contributed by atoms with E-state index in [0.717, 1.165) is 0 Å². The maximum atomic E-state index is 11.7. The molecular formula is C11H24N10O4. The SMILES string of the molecule is CNC(=O)N(NC(=O)NNC(=O)C(N)CCCN=C(N)N)C(=O)NC. The molecule has 0 aromatic rings. The molecule has 0 radical (unpaired) electrons. The van der Waals surface area contributed by atoms with Crippen LogP contribution in [0, 0.1) is 0 Å². The first-order valence-corrected chi connectivity index (χ1v) is 7.13. The zero-order valence-corrected chi connectivity index (χ0v) is 14.0. The quantitative estimate of drug-likeness (QED) is 0.107. The largest absolute Gasteiger partial charge is 0.370 e. The number of carbonyl (C=O) groups is 4. The highest BCUT2D eigenvalue weighted by molar-refractivity contribution is 5.95. The average molecular weight is 360 g/mol. The Morgan fingerprint density at radius 2 is 1.60 bits per heavy atom. The van der Waals surface area contributed by atoms with Gasteiger partial charge in [-0.2, -0.15) is 0 Å². The molecule has 0 aromatic carbocycles. The maximum Gasteiger partial charge on any atom is 0.352 e. The normalized spacial score (nSPS) is 10.7. The van der Waals surface area contributed by atoms with Crippen LogP contribution in [0.25, 0.3) is 0 Å². The van der Waals surface area contributed by atoms with Crippen LogP contribution in [-0.4, -0.2) is 61.7 Å². The smallest absolute Gasteiger partial charge is 0.352 e. The summed E-state index contributed by atoms with van der Waals surface area (Å²) in [7, 11) is 2.53. The van der Waals surface area contributed by atoms with Crippen molar-refractivity contribution in [3.8, 4) is 0 Å². The van der Waals surface area contributed by atoms with Crippen molar-refractivity contribution in [3.63, 3.8) is 0 Å². The maximum absolute atomic E-state index is 11.7. The molecule has 0 saturated heterocycles. The van der Waals surface area contributed by atoms with E-state index in [0.29, 0.717) is 18.0 Å². The van der Waals surface area contributed by atoms with Gasteiger partial charge in [0.15, 0.2) is 5.96 Å². The number of hydrogen-bond donors (Lipinski definition) is 8. The molecular weight excluding hydrogens is 336 g/mol. The number of aliphatic imine (C=N–C) groups is 1. The van der Waals surface area contributed by atoms with Gasteiger partial charge in [-0.3, -0.25) is 15.2 Å². The molecule has 7 amide bonds. The third-order valence-electron chi connectivity index (χ3n) is 2.65. The Hall–Kier alpha value is -3.29. The lowest BCUT2D eigenvalue weighted by Crippen LogP contribution is -2.60. The number of hydrazine groups is 2. The summed E-state index contributed by atoms with van der Waals surface area (Å²) in [5.74, 6) is -0.737. The Balaban J connectivity index is 4.33. The van der Waals surface area contributed by atoms with Crippen molar-refractivity contribution in [3.05, 3.63) is 0 Å². The van der Waals surface area contributed by atoms with Gasteiger partial charge in [0, 0.05) is 20.6 Å². The van der Waals surface area contributed by atoms with Crippen molar-refractivity contribution in [1.82, 2.24) is 31.9 Å². The van der Waals surface area contributed by atoms with E-state index >= 15 is 0 Å². The molecule has 0 saturated carbocycles. The molecule has 0 fully saturated rings. The fourth-order valence-corrected chi connectivity index (χ4v) is 1.41. The third kappa shape index (κ3) is 8.80. The van der Waals surface area contributed by atoms with Crippen LogP contribution in [0.2, 0.25) is 0 Å². The van der Waals surface area contributed by atoms with Crippen LogP contribution < -0.4 is 44.1 Å². The van der Waals surface area contributed by atoms with Gasteiger partial charge in [0.25, 0.3) is 5.91 Å². The number of amides is 7. The second kappa shape index (κ2) is 11.3. The first-order valence-electron chi connectivity index (χ1n) is 7.13. The second-order valence-electron chi connectivity index (χ2n) is 4.56. The van der Waals surface area contributed by atoms with E-state index in [1.165, 1.54) is 14.1 Å². The van der Waals surface area contributed by atoms with Crippen molar-refractivity contribution >= 4 is 30.0 Å². The van der Waals surface area contributed by atoms with Crippen LogP contribution in [0.5, 0.6) is 0 Å². The van der Waals surface area contributed by atoms with Crippen molar-refractivity contribution in [1.29, 1.82) is 0 Å². The zero-order valence-electron chi connectivity index (χ0n) is 14.0. The van der Waals surface area contributed by atoms with Gasteiger partial charge in [-0.1, -0.05) is 0 Å². The fourth-order valence-electron chi connectivity index (χ4n) is 1.41. The molecule has 0 aliphatic carbocycles. The van der Waals surface area contributed by atoms with E-state index in [1.54, 1.807) is 0 Å². The molecule has 0 aliphatic heterocycles. The molecule has 142 valence electrons. The summed E-state index contributed by atoms with van der Waals surface area (Å²) in [5.41, 5.74) is 21.9. The van der Waals surface area contributed by atoms with Gasteiger partial charge >= 0.3 is 18.1 Å². The average Bonchev–Trinajstić information content (AvgIpc) is 2.59. The zero-order chi connectivity index (χ0) is 19.4. The van der Waals surface area contributed by atoms with E-state index in [1.807, 2.05) is 16.3 Å². The summed E-state index contributed by atoms with van der Waals surface area (Å²) in [6, 6.07) is -3.73. The van der Waals surface area contributed by atoms with E-state index in [2.05, 4.69) is 15.6 Å². The number of imide groups is 1. The minimum Gasteiger partial charge on any atom is -0.370 e. The standard InChI is InChI=1S/C11H24N10O4/c1-15-10(24)21(11(25)16-2)20-9(23)19-18-7(22)6(12)4-3-5-17-8(13)14/h6H,3-5,12H2,1-2H3,(H,15,24)(H,16,25)(H,18,22)(H4,13,14,17)(H2,19,20,23). The molecule has 0 aliphatic rings. The van der Waals surface area contributed by atoms with Crippen LogP contribution in [0.4, 0.5) is 14.4 Å². The molecule has 1 atom stereocenters. The Bertz CT molecular complexity index is 503. The third-order valence-corrected chi connectivity index (χ3v) is 2.65. The predicted octanol–water partition coefficient (Wildman–Crippen LogP) is -3.41. The first kappa shape index (κ1) is 21.7. The summed E-state index contributed by atoms with van der Waals surface area (Å²) in [4.78, 5) is 50.0. The number of hydrogen-bond acceptors (Lipinski definition) is 6. The minimum absolute atomic E-state index is 0.0619. The van der Waals surface area contributed by atoms with Crippen LogP contribution >= 0.6 is 0 Å². The molecule has 0 heterocycles. The number of nitrogens with two attached hydrogens (primary N) is 3. The topological polar surface area (TPSA) is 222 Å². The number of rotatable bonds is 5. The van der Waals surface area contributed by atoms with E-state index in [-0.39, 0.29) is 12.4 Å². The van der Waals surface area contributed by atoms with E-state index in [4.69, 9.17) is 17.2 Å². The summed E-state index contributed by atoms with van der Waals surface area (Å²) in [5, 5.41) is 4.68. The number of guanidine groups is 1. The van der Waals surface area contributed by atoms with Gasteiger partial charge in [0.1, 0.15) is 0 Å². The lowest BCUT2D eigenvalue weighted by molar-refractivity contribution is -0.123. The van der Waals surface area contributed by atoms with Crippen LogP contribution in [0.1, 0.15) is 12.8 Å². The molecule has 1 unspecified atom stereocenters. The summed E-state index contributed by atoms with van der Waals surface area (Å²) < 4.78 is 0. The molecule has 0 aromatic heterocycles. The number of nitrogens with zero attached hydrogens (tertiary/aromatic N) is 2. The van der Waals surface area contributed by atoms with E-state index < -0.39 is 30.0 Å². The number of urea groups is 3.